The SMILES string of the molecule is C=C(C(=O)OC)C1(OC(=O)OC(C)(C)C)C(=O)N(C)c2c(Br)cccc21. The first-order valence-electron chi connectivity index (χ1n) is 7.72. The molecule has 1 unspecified atom stereocenters. The highest BCUT2D eigenvalue weighted by molar-refractivity contribution is 9.10. The minimum Gasteiger partial charge on any atom is -0.466 e. The second-order valence-corrected chi connectivity index (χ2v) is 7.57. The normalized spacial score (nSPS) is 19.0. The third-order valence-corrected chi connectivity index (χ3v) is 4.43. The van der Waals surface area contributed by atoms with Crippen molar-refractivity contribution in [1.82, 2.24) is 0 Å². The van der Waals surface area contributed by atoms with E-state index in [1.807, 2.05) is 0 Å². The van der Waals surface area contributed by atoms with E-state index in [-0.39, 0.29) is 5.57 Å². The summed E-state index contributed by atoms with van der Waals surface area (Å²) < 4.78 is 15.9. The number of methoxy groups -OCH3 is 1. The number of fused-ring (bicyclic) bond motifs is 1. The van der Waals surface area contributed by atoms with Gasteiger partial charge in [0.15, 0.2) is 0 Å². The Bertz CT molecular complexity index is 797. The summed E-state index contributed by atoms with van der Waals surface area (Å²) in [5.41, 5.74) is -2.48. The number of amides is 1. The number of hydrogen-bond acceptors (Lipinski definition) is 6. The first-order chi connectivity index (χ1) is 12.0. The van der Waals surface area contributed by atoms with Crippen LogP contribution < -0.4 is 4.90 Å². The van der Waals surface area contributed by atoms with Gasteiger partial charge in [0.2, 0.25) is 0 Å². The molecule has 0 radical (unpaired) electrons. The lowest BCUT2D eigenvalue weighted by atomic mass is 9.87. The molecule has 0 fully saturated rings. The third-order valence-electron chi connectivity index (χ3n) is 3.79. The zero-order valence-corrected chi connectivity index (χ0v) is 16.8. The molecule has 7 nitrogen and oxygen atoms in total. The molecule has 1 aromatic carbocycles. The lowest BCUT2D eigenvalue weighted by Gasteiger charge is -2.30. The Balaban J connectivity index is 2.65. The smallest absolute Gasteiger partial charge is 0.466 e. The highest BCUT2D eigenvalue weighted by Crippen LogP contribution is 2.49. The molecule has 1 heterocycles. The van der Waals surface area contributed by atoms with Crippen LogP contribution in [0.3, 0.4) is 0 Å². The molecule has 0 aromatic heterocycles. The maximum Gasteiger partial charge on any atom is 0.510 e. The molecular formula is C18H20BrNO6. The maximum atomic E-state index is 13.1. The van der Waals surface area contributed by atoms with Crippen molar-refractivity contribution in [2.24, 2.45) is 0 Å². The number of benzene rings is 1. The average molecular weight is 426 g/mol. The van der Waals surface area contributed by atoms with E-state index in [1.165, 1.54) is 11.9 Å². The van der Waals surface area contributed by atoms with Crippen LogP contribution in [0.5, 0.6) is 0 Å². The van der Waals surface area contributed by atoms with Crippen LogP contribution in [0, 0.1) is 0 Å². The van der Waals surface area contributed by atoms with Crippen LogP contribution >= 0.6 is 15.9 Å². The predicted octanol–water partition coefficient (Wildman–Crippen LogP) is 3.30. The van der Waals surface area contributed by atoms with E-state index in [0.717, 1.165) is 7.11 Å². The zero-order valence-electron chi connectivity index (χ0n) is 15.2. The van der Waals surface area contributed by atoms with E-state index in [2.05, 4.69) is 22.5 Å². The molecule has 26 heavy (non-hydrogen) atoms. The number of para-hydroxylation sites is 1. The van der Waals surface area contributed by atoms with Crippen molar-refractivity contribution >= 4 is 39.6 Å². The fraction of sp³-hybridized carbons (Fsp3) is 0.389. The van der Waals surface area contributed by atoms with E-state index in [0.29, 0.717) is 15.7 Å². The minimum absolute atomic E-state index is 0.292. The average Bonchev–Trinajstić information content (AvgIpc) is 2.75. The molecule has 1 aliphatic heterocycles. The molecule has 2 rings (SSSR count). The fourth-order valence-corrected chi connectivity index (χ4v) is 3.34. The lowest BCUT2D eigenvalue weighted by molar-refractivity contribution is -0.146. The number of carbonyl (C=O) groups excluding carboxylic acids is 3. The van der Waals surface area contributed by atoms with Gasteiger partial charge in [0.1, 0.15) is 5.60 Å². The predicted molar refractivity (Wildman–Crippen MR) is 97.7 cm³/mol. The minimum atomic E-state index is -2.07. The summed E-state index contributed by atoms with van der Waals surface area (Å²) in [5.74, 6) is -1.52. The Morgan fingerprint density at radius 3 is 2.42 bits per heavy atom. The molecule has 0 spiro atoms. The third kappa shape index (κ3) is 3.21. The highest BCUT2D eigenvalue weighted by Gasteiger charge is 2.58. The first-order valence-corrected chi connectivity index (χ1v) is 8.52. The Labute approximate surface area is 160 Å². The lowest BCUT2D eigenvalue weighted by Crippen LogP contribution is -2.46. The number of nitrogens with zero attached hydrogens (tertiary/aromatic N) is 1. The molecule has 0 N–H and O–H groups in total. The quantitative estimate of drug-likeness (QED) is 0.545. The standard InChI is InChI=1S/C18H20BrNO6/c1-10(14(21)24-6)18(26-16(23)25-17(2,3)4)11-8-7-9-12(19)13(11)20(5)15(18)22/h7-9H,1H2,2-6H3. The second kappa shape index (κ2) is 6.75. The van der Waals surface area contributed by atoms with Crippen molar-refractivity contribution < 1.29 is 28.6 Å². The van der Waals surface area contributed by atoms with Gasteiger partial charge >= 0.3 is 12.1 Å². The highest BCUT2D eigenvalue weighted by atomic mass is 79.9. The monoisotopic (exact) mass is 425 g/mol. The number of carbonyl (C=O) groups is 3. The summed E-state index contributed by atoms with van der Waals surface area (Å²) in [7, 11) is 2.66. The van der Waals surface area contributed by atoms with E-state index in [4.69, 9.17) is 14.2 Å². The largest absolute Gasteiger partial charge is 0.510 e. The van der Waals surface area contributed by atoms with Crippen LogP contribution in [0.1, 0.15) is 26.3 Å². The molecule has 1 aromatic rings. The number of esters is 1. The second-order valence-electron chi connectivity index (χ2n) is 6.72. The van der Waals surface area contributed by atoms with Crippen molar-refractivity contribution in [2.75, 3.05) is 19.1 Å². The Morgan fingerprint density at radius 1 is 1.27 bits per heavy atom. The van der Waals surface area contributed by atoms with Crippen LogP contribution in [0.25, 0.3) is 0 Å². The van der Waals surface area contributed by atoms with Crippen molar-refractivity contribution in [3.8, 4) is 0 Å². The summed E-state index contributed by atoms with van der Waals surface area (Å²) >= 11 is 3.37. The molecule has 1 atom stereocenters. The van der Waals surface area contributed by atoms with E-state index in [9.17, 15) is 14.4 Å². The Morgan fingerprint density at radius 2 is 1.88 bits per heavy atom. The van der Waals surface area contributed by atoms with Gasteiger partial charge in [0.25, 0.3) is 11.5 Å². The maximum absolute atomic E-state index is 13.1. The van der Waals surface area contributed by atoms with Crippen LogP contribution in [0.4, 0.5) is 10.5 Å². The molecular weight excluding hydrogens is 406 g/mol. The van der Waals surface area contributed by atoms with Crippen molar-refractivity contribution in [3.63, 3.8) is 0 Å². The number of hydrogen-bond donors (Lipinski definition) is 0. The molecule has 140 valence electrons. The van der Waals surface area contributed by atoms with Gasteiger partial charge in [-0.2, -0.15) is 0 Å². The zero-order chi connectivity index (χ0) is 19.9. The Hall–Kier alpha value is -2.35. The summed E-state index contributed by atoms with van der Waals surface area (Å²) in [6.45, 7) is 8.64. The van der Waals surface area contributed by atoms with Gasteiger partial charge in [0.05, 0.1) is 18.4 Å². The van der Waals surface area contributed by atoms with Gasteiger partial charge < -0.3 is 19.1 Å². The molecule has 0 saturated carbocycles. The first kappa shape index (κ1) is 20.0. The van der Waals surface area contributed by atoms with E-state index in [1.54, 1.807) is 39.0 Å². The van der Waals surface area contributed by atoms with Gasteiger partial charge in [-0.3, -0.25) is 4.79 Å². The molecule has 1 aliphatic rings. The number of rotatable bonds is 3. The summed E-state index contributed by atoms with van der Waals surface area (Å²) in [4.78, 5) is 38.9. The molecule has 8 heteroatoms. The summed E-state index contributed by atoms with van der Waals surface area (Å²) in [5, 5.41) is 0. The fourth-order valence-electron chi connectivity index (χ4n) is 2.71. The number of ether oxygens (including phenoxy) is 3. The summed E-state index contributed by atoms with van der Waals surface area (Å²) in [6, 6.07) is 4.97. The molecule has 0 saturated heterocycles. The number of anilines is 1. The van der Waals surface area contributed by atoms with Crippen LogP contribution in [0.2, 0.25) is 0 Å². The van der Waals surface area contributed by atoms with Gasteiger partial charge in [-0.15, -0.1) is 0 Å². The van der Waals surface area contributed by atoms with Crippen LogP contribution in [-0.4, -0.2) is 37.8 Å². The van der Waals surface area contributed by atoms with E-state index < -0.39 is 29.2 Å². The number of halogens is 1. The summed E-state index contributed by atoms with van der Waals surface area (Å²) in [6.07, 6.45) is -1.10. The van der Waals surface area contributed by atoms with Crippen molar-refractivity contribution in [1.29, 1.82) is 0 Å². The van der Waals surface area contributed by atoms with Gasteiger partial charge in [-0.1, -0.05) is 18.7 Å². The van der Waals surface area contributed by atoms with Crippen molar-refractivity contribution in [3.05, 3.63) is 40.4 Å². The molecule has 0 aliphatic carbocycles. The van der Waals surface area contributed by atoms with Crippen LogP contribution in [0.15, 0.2) is 34.8 Å². The van der Waals surface area contributed by atoms with E-state index >= 15 is 0 Å². The molecule has 1 amide bonds. The van der Waals surface area contributed by atoms with Crippen LogP contribution in [-0.2, 0) is 29.4 Å². The topological polar surface area (TPSA) is 82.1 Å². The number of likely N-dealkylation sites (N-methyl/N-ethyl adjacent to an activating group) is 1. The molecule has 0 bridgehead atoms. The van der Waals surface area contributed by atoms with Gasteiger partial charge in [0, 0.05) is 17.1 Å². The van der Waals surface area contributed by atoms with Crippen molar-refractivity contribution in [2.45, 2.75) is 32.0 Å². The van der Waals surface area contributed by atoms with Gasteiger partial charge in [-0.05, 0) is 42.8 Å². The van der Waals surface area contributed by atoms with Gasteiger partial charge in [-0.25, -0.2) is 9.59 Å². The Kier molecular flexibility index (Phi) is 5.19.